The number of piperidine rings is 1. The number of hydrogen-bond donors (Lipinski definition) is 3. The molecule has 29 heavy (non-hydrogen) atoms. The molecule has 0 saturated carbocycles. The van der Waals surface area contributed by atoms with Crippen LogP contribution in [0.3, 0.4) is 0 Å². The number of rotatable bonds is 5. The van der Waals surface area contributed by atoms with Gasteiger partial charge in [-0.15, -0.1) is 0 Å². The van der Waals surface area contributed by atoms with Crippen LogP contribution >= 0.6 is 0 Å². The molecule has 0 bridgehead atoms. The van der Waals surface area contributed by atoms with Gasteiger partial charge in [0.2, 0.25) is 0 Å². The number of ether oxygens (including phenoxy) is 1. The van der Waals surface area contributed by atoms with Crippen LogP contribution in [0.4, 0.5) is 26.3 Å². The van der Waals surface area contributed by atoms with Gasteiger partial charge in [-0.1, -0.05) is 6.08 Å². The average Bonchev–Trinajstić information content (AvgIpc) is 2.58. The van der Waals surface area contributed by atoms with Crippen molar-refractivity contribution in [3.8, 4) is 0 Å². The maximum Gasteiger partial charge on any atom is 0.416 e. The number of alkyl halides is 6. The van der Waals surface area contributed by atoms with Crippen LogP contribution in [0.15, 0.2) is 23.3 Å². The summed E-state index contributed by atoms with van der Waals surface area (Å²) in [7, 11) is 0. The van der Waals surface area contributed by atoms with Crippen molar-refractivity contribution in [2.45, 2.75) is 63.2 Å². The SMILES string of the molecule is CC(OCC1CCC(O)(C(N)=O)CN1)C1=CC(C(F)(F)F)=C[C@](C)(C(F)(F)F)C1. The molecule has 0 aromatic heterocycles. The van der Waals surface area contributed by atoms with E-state index in [0.29, 0.717) is 12.5 Å². The number of nitrogens with two attached hydrogens (primary N) is 1. The van der Waals surface area contributed by atoms with Gasteiger partial charge < -0.3 is 20.9 Å². The minimum Gasteiger partial charge on any atom is -0.379 e. The lowest BCUT2D eigenvalue weighted by atomic mass is 9.75. The van der Waals surface area contributed by atoms with E-state index in [1.54, 1.807) is 0 Å². The van der Waals surface area contributed by atoms with Crippen LogP contribution in [0.2, 0.25) is 0 Å². The third-order valence-corrected chi connectivity index (χ3v) is 5.48. The molecule has 4 atom stereocenters. The Bertz CT molecular complexity index is 693. The van der Waals surface area contributed by atoms with Gasteiger partial charge in [-0.05, 0) is 44.8 Å². The fourth-order valence-electron chi connectivity index (χ4n) is 3.35. The molecular formula is C18H24F6N2O3. The van der Waals surface area contributed by atoms with E-state index < -0.39 is 47.4 Å². The smallest absolute Gasteiger partial charge is 0.379 e. The summed E-state index contributed by atoms with van der Waals surface area (Å²) in [5, 5.41) is 12.8. The van der Waals surface area contributed by atoms with E-state index in [-0.39, 0.29) is 37.3 Å². The van der Waals surface area contributed by atoms with E-state index in [0.717, 1.165) is 6.92 Å². The molecule has 0 aromatic carbocycles. The Morgan fingerprint density at radius 1 is 1.38 bits per heavy atom. The summed E-state index contributed by atoms with van der Waals surface area (Å²) in [6.07, 6.45) is -10.1. The van der Waals surface area contributed by atoms with Crippen molar-refractivity contribution in [2.24, 2.45) is 11.1 Å². The molecule has 11 heteroatoms. The highest BCUT2D eigenvalue weighted by Crippen LogP contribution is 2.49. The number of halogens is 6. The van der Waals surface area contributed by atoms with E-state index in [2.05, 4.69) is 5.32 Å². The number of amides is 1. The van der Waals surface area contributed by atoms with E-state index in [1.165, 1.54) is 6.92 Å². The molecule has 2 aliphatic rings. The number of nitrogens with one attached hydrogen (secondary N) is 1. The summed E-state index contributed by atoms with van der Waals surface area (Å²) >= 11 is 0. The summed E-state index contributed by atoms with van der Waals surface area (Å²) in [6, 6.07) is -0.326. The quantitative estimate of drug-likeness (QED) is 0.586. The number of allylic oxidation sites excluding steroid dienone is 3. The fourth-order valence-corrected chi connectivity index (χ4v) is 3.35. The van der Waals surface area contributed by atoms with Gasteiger partial charge in [-0.3, -0.25) is 4.79 Å². The molecule has 0 radical (unpaired) electrons. The minimum atomic E-state index is -4.91. The third-order valence-electron chi connectivity index (χ3n) is 5.48. The van der Waals surface area contributed by atoms with Crippen LogP contribution in [0.1, 0.15) is 33.1 Å². The summed E-state index contributed by atoms with van der Waals surface area (Å²) < 4.78 is 85.1. The maximum atomic E-state index is 13.4. The number of β-amino-alcohol motifs (C(OH)–C–C–N with tert-alkyl or cyclic N) is 1. The van der Waals surface area contributed by atoms with Crippen LogP contribution in [-0.2, 0) is 9.53 Å². The number of primary amides is 1. The number of carbonyl (C=O) groups is 1. The van der Waals surface area contributed by atoms with Gasteiger partial charge in [0.15, 0.2) is 5.60 Å². The van der Waals surface area contributed by atoms with Crippen LogP contribution in [0, 0.1) is 5.41 Å². The molecule has 1 fully saturated rings. The van der Waals surface area contributed by atoms with E-state index >= 15 is 0 Å². The van der Waals surface area contributed by atoms with Gasteiger partial charge in [0.25, 0.3) is 5.91 Å². The van der Waals surface area contributed by atoms with E-state index in [1.807, 2.05) is 0 Å². The summed E-state index contributed by atoms with van der Waals surface area (Å²) in [5.74, 6) is -0.872. The molecule has 1 aliphatic heterocycles. The Kier molecular flexibility index (Phi) is 6.47. The standard InChI is InChI=1S/C18H24F6N2O3/c1-10(29-8-13-3-4-16(28,9-26-13)14(25)27)11-5-12(17(19,20)21)7-15(2,6-11)18(22,23)24/h5,7,10,13,26,28H,3-4,6,8-9H2,1-2H3,(H2,25,27)/t10?,13?,15-,16?/m1/s1. The molecule has 5 nitrogen and oxygen atoms in total. The molecule has 166 valence electrons. The molecule has 0 aromatic rings. The van der Waals surface area contributed by atoms with Gasteiger partial charge in [0, 0.05) is 12.6 Å². The van der Waals surface area contributed by atoms with E-state index in [4.69, 9.17) is 10.5 Å². The van der Waals surface area contributed by atoms with Crippen LogP contribution in [0.25, 0.3) is 0 Å². The van der Waals surface area contributed by atoms with Crippen molar-refractivity contribution < 1.29 is 41.0 Å². The van der Waals surface area contributed by atoms with Crippen LogP contribution in [-0.4, -0.2) is 54.3 Å². The molecule has 0 spiro atoms. The summed E-state index contributed by atoms with van der Waals surface area (Å²) in [6.45, 7) is 2.00. The first-order valence-electron chi connectivity index (χ1n) is 9.02. The second kappa shape index (κ2) is 7.92. The predicted molar refractivity (Wildman–Crippen MR) is 91.6 cm³/mol. The normalized spacial score (nSPS) is 32.4. The lowest BCUT2D eigenvalue weighted by molar-refractivity contribution is -0.202. The van der Waals surface area contributed by atoms with Gasteiger partial charge in [-0.2, -0.15) is 26.3 Å². The van der Waals surface area contributed by atoms with Crippen molar-refractivity contribution in [1.29, 1.82) is 0 Å². The number of carbonyl (C=O) groups excluding carboxylic acids is 1. The van der Waals surface area contributed by atoms with Crippen molar-refractivity contribution in [2.75, 3.05) is 13.2 Å². The topological polar surface area (TPSA) is 84.6 Å². The Morgan fingerprint density at radius 3 is 2.45 bits per heavy atom. The van der Waals surface area contributed by atoms with Gasteiger partial charge >= 0.3 is 12.4 Å². The van der Waals surface area contributed by atoms with E-state index in [9.17, 15) is 36.2 Å². The number of aliphatic hydroxyl groups is 1. The summed E-state index contributed by atoms with van der Waals surface area (Å²) in [4.78, 5) is 11.2. The second-order valence-corrected chi connectivity index (χ2v) is 7.90. The zero-order valence-corrected chi connectivity index (χ0v) is 16.0. The molecule has 1 amide bonds. The highest BCUT2D eigenvalue weighted by atomic mass is 19.4. The Balaban J connectivity index is 2.06. The van der Waals surface area contributed by atoms with Crippen molar-refractivity contribution >= 4 is 5.91 Å². The van der Waals surface area contributed by atoms with Crippen LogP contribution in [0.5, 0.6) is 0 Å². The van der Waals surface area contributed by atoms with Gasteiger partial charge in [0.1, 0.15) is 0 Å². The van der Waals surface area contributed by atoms with Crippen molar-refractivity contribution in [1.82, 2.24) is 5.32 Å². The predicted octanol–water partition coefficient (Wildman–Crippen LogP) is 2.75. The minimum absolute atomic E-state index is 0.0128. The molecule has 3 unspecified atom stereocenters. The maximum absolute atomic E-state index is 13.4. The van der Waals surface area contributed by atoms with Crippen LogP contribution < -0.4 is 11.1 Å². The molecule has 1 saturated heterocycles. The third kappa shape index (κ3) is 5.32. The second-order valence-electron chi connectivity index (χ2n) is 7.90. The Hall–Kier alpha value is -1.59. The Morgan fingerprint density at radius 2 is 2.00 bits per heavy atom. The summed E-state index contributed by atoms with van der Waals surface area (Å²) in [5.41, 5.74) is -0.677. The number of hydrogen-bond acceptors (Lipinski definition) is 4. The lowest BCUT2D eigenvalue weighted by Gasteiger charge is -2.37. The first-order valence-corrected chi connectivity index (χ1v) is 9.02. The van der Waals surface area contributed by atoms with Crippen molar-refractivity contribution in [3.05, 3.63) is 23.3 Å². The van der Waals surface area contributed by atoms with Gasteiger partial charge in [-0.25, -0.2) is 0 Å². The Labute approximate surface area is 164 Å². The first kappa shape index (κ1) is 23.7. The first-order chi connectivity index (χ1) is 13.1. The largest absolute Gasteiger partial charge is 0.416 e. The van der Waals surface area contributed by atoms with Crippen molar-refractivity contribution in [3.63, 3.8) is 0 Å². The molecule has 1 heterocycles. The molecular weight excluding hydrogens is 406 g/mol. The fraction of sp³-hybridized carbons (Fsp3) is 0.722. The zero-order valence-electron chi connectivity index (χ0n) is 16.0. The monoisotopic (exact) mass is 430 g/mol. The molecule has 4 N–H and O–H groups in total. The molecule has 2 rings (SSSR count). The highest BCUT2D eigenvalue weighted by Gasteiger charge is 2.53. The average molecular weight is 430 g/mol. The van der Waals surface area contributed by atoms with Gasteiger partial charge in [0.05, 0.1) is 23.7 Å². The highest BCUT2D eigenvalue weighted by molar-refractivity contribution is 5.83. The zero-order chi connectivity index (χ0) is 22.3. The molecule has 1 aliphatic carbocycles. The lowest BCUT2D eigenvalue weighted by Crippen LogP contribution is -2.58.